The second kappa shape index (κ2) is 10.6. The molecule has 2 aliphatic heterocycles. The zero-order chi connectivity index (χ0) is 27.0. The number of thioether (sulfide) groups is 1. The summed E-state index contributed by atoms with van der Waals surface area (Å²) in [5, 5.41) is 4.79. The number of aromatic nitrogens is 2. The highest BCUT2D eigenvalue weighted by Crippen LogP contribution is 2.48. The highest BCUT2D eigenvalue weighted by Gasteiger charge is 2.40. The first-order valence-corrected chi connectivity index (χ1v) is 14.3. The van der Waals surface area contributed by atoms with E-state index in [0.717, 1.165) is 60.4 Å². The lowest BCUT2D eigenvalue weighted by molar-refractivity contribution is -0.132. The van der Waals surface area contributed by atoms with Crippen LogP contribution >= 0.6 is 11.8 Å². The SMILES string of the molecule is Cc1ccc(-n2nc(C(C)(C)C)c3c2N(CC(=O)N2CCCCC2)C(=O)CSC3c2cccc(F)c2)cc1. The molecular weight excluding hydrogens is 499 g/mol. The van der Waals surface area contributed by atoms with Crippen molar-refractivity contribution in [1.82, 2.24) is 14.7 Å². The van der Waals surface area contributed by atoms with Crippen molar-refractivity contribution in [2.45, 2.75) is 57.6 Å². The van der Waals surface area contributed by atoms with Gasteiger partial charge in [-0.2, -0.15) is 5.10 Å². The molecule has 1 aromatic heterocycles. The van der Waals surface area contributed by atoms with E-state index in [1.54, 1.807) is 11.0 Å². The Bertz CT molecular complexity index is 1340. The molecule has 38 heavy (non-hydrogen) atoms. The summed E-state index contributed by atoms with van der Waals surface area (Å²) in [7, 11) is 0. The Morgan fingerprint density at radius 3 is 2.45 bits per heavy atom. The molecule has 0 radical (unpaired) electrons. The number of amides is 2. The van der Waals surface area contributed by atoms with Gasteiger partial charge in [0.25, 0.3) is 0 Å². The van der Waals surface area contributed by atoms with Crippen LogP contribution in [0, 0.1) is 12.7 Å². The van der Waals surface area contributed by atoms with Crippen molar-refractivity contribution in [2.24, 2.45) is 0 Å². The van der Waals surface area contributed by atoms with E-state index in [1.165, 1.54) is 23.9 Å². The summed E-state index contributed by atoms with van der Waals surface area (Å²) >= 11 is 1.47. The number of fused-ring (bicyclic) bond motifs is 1. The number of piperidine rings is 1. The molecule has 3 aromatic rings. The molecule has 5 rings (SSSR count). The number of nitrogens with zero attached hydrogens (tertiary/aromatic N) is 4. The molecule has 0 bridgehead atoms. The maximum Gasteiger partial charge on any atom is 0.242 e. The molecule has 6 nitrogen and oxygen atoms in total. The van der Waals surface area contributed by atoms with E-state index in [2.05, 4.69) is 20.8 Å². The van der Waals surface area contributed by atoms with Crippen molar-refractivity contribution >= 4 is 29.4 Å². The van der Waals surface area contributed by atoms with Crippen molar-refractivity contribution in [1.29, 1.82) is 0 Å². The standard InChI is InChI=1S/C30H35FN4O2S/c1-20-11-13-23(14-12-20)35-29-26(28(32-35)30(2,3)4)27(21-9-8-10-22(31)17-21)38-19-25(37)34(29)18-24(36)33-15-6-5-7-16-33/h8-14,17,27H,5-7,15-16,18-19H2,1-4H3. The largest absolute Gasteiger partial charge is 0.341 e. The number of likely N-dealkylation sites (tertiary alicyclic amines) is 1. The van der Waals surface area contributed by atoms with Crippen molar-refractivity contribution in [3.63, 3.8) is 0 Å². The number of benzene rings is 2. The van der Waals surface area contributed by atoms with E-state index in [-0.39, 0.29) is 40.6 Å². The number of halogens is 1. The molecule has 2 aromatic carbocycles. The number of hydrogen-bond acceptors (Lipinski definition) is 4. The van der Waals surface area contributed by atoms with Gasteiger partial charge in [-0.3, -0.25) is 14.5 Å². The Hall–Kier alpha value is -3.13. The van der Waals surface area contributed by atoms with Crippen LogP contribution in [-0.4, -0.2) is 51.9 Å². The van der Waals surface area contributed by atoms with Crippen molar-refractivity contribution in [3.8, 4) is 5.69 Å². The maximum absolute atomic E-state index is 14.4. The summed E-state index contributed by atoms with van der Waals surface area (Å²) in [6.07, 6.45) is 3.09. The predicted molar refractivity (Wildman–Crippen MR) is 150 cm³/mol. The Labute approximate surface area is 228 Å². The van der Waals surface area contributed by atoms with Crippen molar-refractivity contribution in [2.75, 3.05) is 30.3 Å². The van der Waals surface area contributed by atoms with Crippen molar-refractivity contribution < 1.29 is 14.0 Å². The third-order valence-electron chi connectivity index (χ3n) is 7.23. The topological polar surface area (TPSA) is 58.4 Å². The van der Waals surface area contributed by atoms with E-state index >= 15 is 0 Å². The van der Waals surface area contributed by atoms with Gasteiger partial charge in [-0.05, 0) is 56.0 Å². The molecule has 1 unspecified atom stereocenters. The highest BCUT2D eigenvalue weighted by atomic mass is 32.2. The molecule has 0 spiro atoms. The Morgan fingerprint density at radius 1 is 1.08 bits per heavy atom. The molecule has 0 saturated carbocycles. The van der Waals surface area contributed by atoms with Crippen LogP contribution in [-0.2, 0) is 15.0 Å². The molecule has 0 N–H and O–H groups in total. The fourth-order valence-corrected chi connectivity index (χ4v) is 6.44. The third kappa shape index (κ3) is 5.23. The summed E-state index contributed by atoms with van der Waals surface area (Å²) in [6.45, 7) is 9.72. The minimum Gasteiger partial charge on any atom is -0.341 e. The van der Waals surface area contributed by atoms with Gasteiger partial charge in [0, 0.05) is 24.1 Å². The first-order valence-electron chi connectivity index (χ1n) is 13.3. The predicted octanol–water partition coefficient (Wildman–Crippen LogP) is 5.80. The molecule has 8 heteroatoms. The van der Waals surface area contributed by atoms with Gasteiger partial charge in [0.2, 0.25) is 11.8 Å². The number of aryl methyl sites for hydroxylation is 1. The number of carbonyl (C=O) groups excluding carboxylic acids is 2. The van der Waals surface area contributed by atoms with Crippen LogP contribution in [0.1, 0.15) is 67.7 Å². The lowest BCUT2D eigenvalue weighted by atomic mass is 9.87. The van der Waals surface area contributed by atoms with Gasteiger partial charge in [0.05, 0.1) is 22.4 Å². The van der Waals surface area contributed by atoms with E-state index in [0.29, 0.717) is 5.82 Å². The van der Waals surface area contributed by atoms with E-state index in [1.807, 2.05) is 46.8 Å². The molecular formula is C30H35FN4O2S. The Morgan fingerprint density at radius 2 is 1.79 bits per heavy atom. The molecule has 2 amide bonds. The van der Waals surface area contributed by atoms with Crippen LogP contribution < -0.4 is 4.90 Å². The summed E-state index contributed by atoms with van der Waals surface area (Å²) in [5.41, 5.74) is 4.05. The second-order valence-electron chi connectivity index (χ2n) is 11.3. The highest BCUT2D eigenvalue weighted by molar-refractivity contribution is 8.00. The zero-order valence-corrected chi connectivity index (χ0v) is 23.4. The fourth-order valence-electron chi connectivity index (χ4n) is 5.25. The smallest absolute Gasteiger partial charge is 0.242 e. The molecule has 200 valence electrons. The minimum absolute atomic E-state index is 0.0383. The third-order valence-corrected chi connectivity index (χ3v) is 8.49. The lowest BCUT2D eigenvalue weighted by Crippen LogP contribution is -2.45. The first kappa shape index (κ1) is 26.5. The van der Waals surface area contributed by atoms with Gasteiger partial charge >= 0.3 is 0 Å². The summed E-state index contributed by atoms with van der Waals surface area (Å²) in [5.74, 6) is 0.274. The van der Waals surface area contributed by atoms with E-state index in [4.69, 9.17) is 5.10 Å². The molecule has 0 aliphatic carbocycles. The summed E-state index contributed by atoms with van der Waals surface area (Å²) in [6, 6.07) is 14.6. The Balaban J connectivity index is 1.73. The second-order valence-corrected chi connectivity index (χ2v) is 12.3. The van der Waals surface area contributed by atoms with E-state index < -0.39 is 0 Å². The fraction of sp³-hybridized carbons (Fsp3) is 0.433. The van der Waals surface area contributed by atoms with Crippen LogP contribution in [0.15, 0.2) is 48.5 Å². The Kier molecular flexibility index (Phi) is 7.36. The number of hydrogen-bond donors (Lipinski definition) is 0. The van der Waals surface area contributed by atoms with Gasteiger partial charge in [-0.15, -0.1) is 11.8 Å². The molecule has 1 atom stereocenters. The lowest BCUT2D eigenvalue weighted by Gasteiger charge is -2.30. The molecule has 3 heterocycles. The first-order chi connectivity index (χ1) is 18.1. The monoisotopic (exact) mass is 534 g/mol. The van der Waals surface area contributed by atoms with Crippen LogP contribution in [0.4, 0.5) is 10.2 Å². The normalized spacial score (nSPS) is 18.3. The zero-order valence-electron chi connectivity index (χ0n) is 22.5. The van der Waals surface area contributed by atoms with Crippen molar-refractivity contribution in [3.05, 3.63) is 76.7 Å². The van der Waals surface area contributed by atoms with Gasteiger partial charge in [-0.25, -0.2) is 9.07 Å². The molecule has 1 saturated heterocycles. The average molecular weight is 535 g/mol. The van der Waals surface area contributed by atoms with Gasteiger partial charge in [-0.1, -0.05) is 50.6 Å². The van der Waals surface area contributed by atoms with Gasteiger partial charge < -0.3 is 4.90 Å². The van der Waals surface area contributed by atoms with Crippen LogP contribution in [0.3, 0.4) is 0 Å². The van der Waals surface area contributed by atoms with Gasteiger partial charge in [0.15, 0.2) is 0 Å². The summed E-state index contributed by atoms with van der Waals surface area (Å²) in [4.78, 5) is 30.7. The number of carbonyl (C=O) groups is 2. The van der Waals surface area contributed by atoms with Crippen LogP contribution in [0.25, 0.3) is 5.69 Å². The van der Waals surface area contributed by atoms with Crippen LogP contribution in [0.2, 0.25) is 0 Å². The van der Waals surface area contributed by atoms with Crippen LogP contribution in [0.5, 0.6) is 0 Å². The maximum atomic E-state index is 14.4. The summed E-state index contributed by atoms with van der Waals surface area (Å²) < 4.78 is 16.2. The van der Waals surface area contributed by atoms with E-state index in [9.17, 15) is 14.0 Å². The average Bonchev–Trinajstić information content (AvgIpc) is 3.22. The molecule has 2 aliphatic rings. The molecule has 1 fully saturated rings. The number of rotatable bonds is 4. The number of anilines is 1. The minimum atomic E-state index is -0.359. The quantitative estimate of drug-likeness (QED) is 0.425. The van der Waals surface area contributed by atoms with Gasteiger partial charge in [0.1, 0.15) is 18.2 Å².